The standard InChI is InChI=1S/C38H38Cl2N2O8/c1-3-4-5-6-7-19-49-29-15-12-25(13-16-29)38(47)50-33-18-11-24(21-34(33)48-2)20-32(37(45)46)42-36(44)26-9-8-10-28(22-26)41-35(43)27-14-17-30(39)31(40)23-27/h8-18,21-23,32H,3-7,19-20H2,1-2H3,(H,41,43)(H,42,44)(H,45,46). The predicted molar refractivity (Wildman–Crippen MR) is 192 cm³/mol. The summed E-state index contributed by atoms with van der Waals surface area (Å²) in [4.78, 5) is 50.8. The van der Waals surface area contributed by atoms with Crippen molar-refractivity contribution < 1.29 is 38.5 Å². The molecule has 0 aliphatic heterocycles. The molecule has 4 aromatic rings. The topological polar surface area (TPSA) is 140 Å². The molecule has 0 spiro atoms. The lowest BCUT2D eigenvalue weighted by Gasteiger charge is -2.17. The second-order valence-corrected chi connectivity index (χ2v) is 12.2. The summed E-state index contributed by atoms with van der Waals surface area (Å²) in [5.74, 6) is -1.99. The Morgan fingerprint density at radius 2 is 1.48 bits per heavy atom. The van der Waals surface area contributed by atoms with Gasteiger partial charge in [-0.2, -0.15) is 0 Å². The van der Waals surface area contributed by atoms with Gasteiger partial charge in [0.2, 0.25) is 0 Å². The second-order valence-electron chi connectivity index (χ2n) is 11.4. The number of rotatable bonds is 17. The van der Waals surface area contributed by atoms with Crippen LogP contribution >= 0.6 is 23.2 Å². The molecule has 0 aromatic heterocycles. The van der Waals surface area contributed by atoms with Crippen molar-refractivity contribution in [3.63, 3.8) is 0 Å². The van der Waals surface area contributed by atoms with Gasteiger partial charge in [0.05, 0.1) is 29.3 Å². The number of unbranched alkanes of at least 4 members (excludes halogenated alkanes) is 4. The van der Waals surface area contributed by atoms with Gasteiger partial charge in [0, 0.05) is 23.2 Å². The summed E-state index contributed by atoms with van der Waals surface area (Å²) in [6.07, 6.45) is 5.58. The Balaban J connectivity index is 1.35. The Morgan fingerprint density at radius 1 is 0.760 bits per heavy atom. The molecule has 0 saturated heterocycles. The molecular weight excluding hydrogens is 683 g/mol. The zero-order chi connectivity index (χ0) is 36.0. The third-order valence-corrected chi connectivity index (χ3v) is 8.38. The van der Waals surface area contributed by atoms with Crippen molar-refractivity contribution in [1.29, 1.82) is 0 Å². The molecule has 1 unspecified atom stereocenters. The van der Waals surface area contributed by atoms with E-state index in [9.17, 15) is 24.3 Å². The molecule has 10 nitrogen and oxygen atoms in total. The number of amides is 2. The van der Waals surface area contributed by atoms with Gasteiger partial charge in [-0.15, -0.1) is 0 Å². The molecule has 0 heterocycles. The number of benzene rings is 4. The van der Waals surface area contributed by atoms with E-state index < -0.39 is 29.8 Å². The largest absolute Gasteiger partial charge is 0.494 e. The van der Waals surface area contributed by atoms with Crippen LogP contribution < -0.4 is 24.8 Å². The van der Waals surface area contributed by atoms with Crippen LogP contribution in [0.3, 0.4) is 0 Å². The first-order valence-electron chi connectivity index (χ1n) is 16.1. The van der Waals surface area contributed by atoms with E-state index in [2.05, 4.69) is 17.6 Å². The number of carbonyl (C=O) groups excluding carboxylic acids is 3. The number of aliphatic carboxylic acids is 1. The van der Waals surface area contributed by atoms with Crippen molar-refractivity contribution in [1.82, 2.24) is 5.32 Å². The van der Waals surface area contributed by atoms with Crippen molar-refractivity contribution in [3.05, 3.63) is 117 Å². The minimum absolute atomic E-state index is 0.0977. The zero-order valence-electron chi connectivity index (χ0n) is 27.7. The van der Waals surface area contributed by atoms with Gasteiger partial charge in [-0.3, -0.25) is 9.59 Å². The number of hydrogen-bond acceptors (Lipinski definition) is 7. The predicted octanol–water partition coefficient (Wildman–Crippen LogP) is 8.25. The fourth-order valence-electron chi connectivity index (χ4n) is 4.92. The van der Waals surface area contributed by atoms with Crippen LogP contribution in [0.15, 0.2) is 84.9 Å². The molecule has 0 radical (unpaired) electrons. The SMILES string of the molecule is CCCCCCCOc1ccc(C(=O)Oc2ccc(CC(NC(=O)c3cccc(NC(=O)c4ccc(Cl)c(Cl)c4)c3)C(=O)O)cc2OC)cc1. The number of nitrogens with one attached hydrogen (secondary N) is 2. The average molecular weight is 722 g/mol. The zero-order valence-corrected chi connectivity index (χ0v) is 29.2. The number of carboxylic acid groups (broad SMARTS) is 1. The first kappa shape index (κ1) is 37.8. The van der Waals surface area contributed by atoms with E-state index in [1.165, 1.54) is 62.8 Å². The van der Waals surface area contributed by atoms with E-state index in [4.69, 9.17) is 37.4 Å². The Kier molecular flexibility index (Phi) is 14.1. The molecular formula is C38H38Cl2N2O8. The monoisotopic (exact) mass is 720 g/mol. The first-order valence-corrected chi connectivity index (χ1v) is 16.9. The van der Waals surface area contributed by atoms with Crippen LogP contribution in [0.2, 0.25) is 10.0 Å². The lowest BCUT2D eigenvalue weighted by atomic mass is 10.0. The molecule has 262 valence electrons. The smallest absolute Gasteiger partial charge is 0.343 e. The number of carboxylic acids is 1. The van der Waals surface area contributed by atoms with Crippen LogP contribution in [0.1, 0.15) is 75.7 Å². The average Bonchev–Trinajstić information content (AvgIpc) is 3.11. The number of ether oxygens (including phenoxy) is 3. The molecule has 12 heteroatoms. The Morgan fingerprint density at radius 3 is 2.18 bits per heavy atom. The van der Waals surface area contributed by atoms with Crippen LogP contribution in [0, 0.1) is 0 Å². The van der Waals surface area contributed by atoms with Gasteiger partial charge in [-0.05, 0) is 84.8 Å². The Labute approximate surface area is 300 Å². The molecule has 4 aromatic carbocycles. The molecule has 0 saturated carbocycles. The van der Waals surface area contributed by atoms with Gasteiger partial charge in [0.15, 0.2) is 11.5 Å². The highest BCUT2D eigenvalue weighted by Crippen LogP contribution is 2.30. The summed E-state index contributed by atoms with van der Waals surface area (Å²) >= 11 is 11.9. The summed E-state index contributed by atoms with van der Waals surface area (Å²) in [6, 6.07) is 20.5. The molecule has 0 aliphatic carbocycles. The van der Waals surface area contributed by atoms with E-state index in [1.807, 2.05) is 0 Å². The van der Waals surface area contributed by atoms with Crippen LogP contribution in [-0.4, -0.2) is 48.6 Å². The number of hydrogen-bond donors (Lipinski definition) is 3. The first-order chi connectivity index (χ1) is 24.1. The molecule has 0 bridgehead atoms. The lowest BCUT2D eigenvalue weighted by molar-refractivity contribution is -0.139. The van der Waals surface area contributed by atoms with Gasteiger partial charge in [-0.1, -0.05) is 67.9 Å². The number of anilines is 1. The third kappa shape index (κ3) is 11.0. The highest BCUT2D eigenvalue weighted by molar-refractivity contribution is 6.42. The highest BCUT2D eigenvalue weighted by Gasteiger charge is 2.23. The van der Waals surface area contributed by atoms with Crippen molar-refractivity contribution >= 4 is 52.6 Å². The normalized spacial score (nSPS) is 11.3. The van der Waals surface area contributed by atoms with Crippen molar-refractivity contribution in [2.45, 2.75) is 51.5 Å². The molecule has 0 aliphatic rings. The lowest BCUT2D eigenvalue weighted by Crippen LogP contribution is -2.42. The summed E-state index contributed by atoms with van der Waals surface area (Å²) in [7, 11) is 1.40. The number of methoxy groups -OCH3 is 1. The van der Waals surface area contributed by atoms with E-state index in [0.717, 1.165) is 12.8 Å². The van der Waals surface area contributed by atoms with E-state index in [1.54, 1.807) is 48.5 Å². The van der Waals surface area contributed by atoms with Crippen LogP contribution in [0.25, 0.3) is 0 Å². The van der Waals surface area contributed by atoms with Gasteiger partial charge < -0.3 is 30.0 Å². The molecule has 1 atom stereocenters. The number of halogens is 2. The summed E-state index contributed by atoms with van der Waals surface area (Å²) in [5, 5.41) is 15.6. The maximum absolute atomic E-state index is 13.1. The van der Waals surface area contributed by atoms with Crippen LogP contribution in [0.4, 0.5) is 5.69 Å². The van der Waals surface area contributed by atoms with Gasteiger partial charge in [0.1, 0.15) is 11.8 Å². The van der Waals surface area contributed by atoms with E-state index in [-0.39, 0.29) is 34.1 Å². The maximum atomic E-state index is 13.1. The van der Waals surface area contributed by atoms with Crippen molar-refractivity contribution in [3.8, 4) is 17.2 Å². The van der Waals surface area contributed by atoms with Crippen LogP contribution in [-0.2, 0) is 11.2 Å². The minimum atomic E-state index is -1.31. The summed E-state index contributed by atoms with van der Waals surface area (Å²) < 4.78 is 16.8. The van der Waals surface area contributed by atoms with Gasteiger partial charge in [0.25, 0.3) is 11.8 Å². The van der Waals surface area contributed by atoms with Crippen molar-refractivity contribution in [2.75, 3.05) is 19.0 Å². The molecule has 2 amide bonds. The second kappa shape index (κ2) is 18.6. The van der Waals surface area contributed by atoms with Crippen molar-refractivity contribution in [2.24, 2.45) is 0 Å². The number of esters is 1. The fourth-order valence-corrected chi connectivity index (χ4v) is 5.22. The quantitative estimate of drug-likeness (QED) is 0.0563. The maximum Gasteiger partial charge on any atom is 0.343 e. The van der Waals surface area contributed by atoms with E-state index >= 15 is 0 Å². The van der Waals surface area contributed by atoms with E-state index in [0.29, 0.717) is 34.2 Å². The molecule has 3 N–H and O–H groups in total. The fraction of sp³-hybridized carbons (Fsp3) is 0.263. The van der Waals surface area contributed by atoms with Gasteiger partial charge >= 0.3 is 11.9 Å². The summed E-state index contributed by atoms with van der Waals surface area (Å²) in [5.41, 5.74) is 1.53. The molecule has 50 heavy (non-hydrogen) atoms. The summed E-state index contributed by atoms with van der Waals surface area (Å²) in [6.45, 7) is 2.78. The van der Waals surface area contributed by atoms with Gasteiger partial charge in [-0.25, -0.2) is 9.59 Å². The minimum Gasteiger partial charge on any atom is -0.494 e. The van der Waals surface area contributed by atoms with Crippen LogP contribution in [0.5, 0.6) is 17.2 Å². The number of carbonyl (C=O) groups is 4. The molecule has 0 fully saturated rings. The third-order valence-electron chi connectivity index (χ3n) is 7.64. The Bertz CT molecular complexity index is 1810. The molecule has 4 rings (SSSR count). The highest BCUT2D eigenvalue weighted by atomic mass is 35.5. The Hall–Kier alpha value is -5.06.